The molecular formula is C32H29F2N5O3S. The number of pyridine rings is 1. The van der Waals surface area contributed by atoms with E-state index in [1.165, 1.54) is 59.3 Å². The van der Waals surface area contributed by atoms with Crippen molar-refractivity contribution in [2.45, 2.75) is 31.9 Å². The van der Waals surface area contributed by atoms with Crippen LogP contribution in [0.4, 0.5) is 13.6 Å². The molecule has 0 bridgehead atoms. The van der Waals surface area contributed by atoms with Crippen molar-refractivity contribution in [3.8, 4) is 6.07 Å². The van der Waals surface area contributed by atoms with Crippen LogP contribution in [0.25, 0.3) is 11.9 Å². The molecule has 43 heavy (non-hydrogen) atoms. The van der Waals surface area contributed by atoms with E-state index in [0.717, 1.165) is 0 Å². The first kappa shape index (κ1) is 29.9. The highest BCUT2D eigenvalue weighted by molar-refractivity contribution is 8.13. The number of nitrogens with zero attached hydrogens (tertiary/aromatic N) is 4. The van der Waals surface area contributed by atoms with Crippen LogP contribution >= 0.6 is 11.8 Å². The Balaban J connectivity index is 1.54. The first-order valence-electron chi connectivity index (χ1n) is 13.6. The molecule has 5 rings (SSSR count). The van der Waals surface area contributed by atoms with Crippen LogP contribution < -0.4 is 5.32 Å². The SMILES string of the molecule is CC(C)(C)OC(=O)N1C[C@H]2CSC(NC(=O)c3ccccc3)=N[C@@]2(c2cc(/C=C(\F)c3ccc(C#N)cn3)ccc2F)C1. The van der Waals surface area contributed by atoms with Gasteiger partial charge in [-0.3, -0.25) is 9.78 Å². The Morgan fingerprint density at radius 1 is 1.19 bits per heavy atom. The van der Waals surface area contributed by atoms with Crippen LogP contribution in [0.15, 0.2) is 71.9 Å². The van der Waals surface area contributed by atoms with Crippen molar-refractivity contribution in [2.75, 3.05) is 18.8 Å². The number of fused-ring (bicyclic) bond motifs is 1. The fourth-order valence-corrected chi connectivity index (χ4v) is 6.18. The molecule has 0 radical (unpaired) electrons. The predicted octanol–water partition coefficient (Wildman–Crippen LogP) is 6.15. The first-order chi connectivity index (χ1) is 20.5. The number of nitriles is 1. The lowest BCUT2D eigenvalue weighted by molar-refractivity contribution is 0.0281. The third-order valence-corrected chi connectivity index (χ3v) is 8.10. The number of nitrogens with one attached hydrogen (secondary N) is 1. The van der Waals surface area contributed by atoms with Gasteiger partial charge in [-0.25, -0.2) is 18.6 Å². The van der Waals surface area contributed by atoms with Gasteiger partial charge in [-0.2, -0.15) is 5.26 Å². The van der Waals surface area contributed by atoms with Crippen molar-refractivity contribution in [1.29, 1.82) is 5.26 Å². The molecule has 1 aromatic heterocycles. The van der Waals surface area contributed by atoms with E-state index in [1.807, 2.05) is 6.07 Å². The molecule has 3 heterocycles. The zero-order valence-electron chi connectivity index (χ0n) is 23.8. The highest BCUT2D eigenvalue weighted by Crippen LogP contribution is 2.47. The zero-order valence-corrected chi connectivity index (χ0v) is 24.6. The van der Waals surface area contributed by atoms with Gasteiger partial charge >= 0.3 is 6.09 Å². The molecule has 11 heteroatoms. The second-order valence-electron chi connectivity index (χ2n) is 11.3. The average Bonchev–Trinajstić information content (AvgIpc) is 3.38. The maximum Gasteiger partial charge on any atom is 0.410 e. The topological polar surface area (TPSA) is 108 Å². The third kappa shape index (κ3) is 6.60. The number of aliphatic imine (C=N–C) groups is 1. The maximum absolute atomic E-state index is 15.7. The van der Waals surface area contributed by atoms with Crippen LogP contribution in [0.3, 0.4) is 0 Å². The van der Waals surface area contributed by atoms with E-state index < -0.39 is 28.9 Å². The Labute approximate surface area is 252 Å². The number of benzene rings is 2. The first-order valence-corrected chi connectivity index (χ1v) is 14.6. The summed E-state index contributed by atoms with van der Waals surface area (Å²) in [6.45, 7) is 5.56. The number of amidine groups is 1. The smallest absolute Gasteiger partial charge is 0.410 e. The largest absolute Gasteiger partial charge is 0.444 e. The fraction of sp³-hybridized carbons (Fsp3) is 0.281. The van der Waals surface area contributed by atoms with Gasteiger partial charge in [0.05, 0.1) is 17.8 Å². The molecule has 0 spiro atoms. The molecule has 2 atom stereocenters. The Morgan fingerprint density at radius 2 is 1.95 bits per heavy atom. The number of carbonyl (C=O) groups excluding carboxylic acids is 2. The van der Waals surface area contributed by atoms with E-state index in [0.29, 0.717) is 27.6 Å². The number of hydrogen-bond donors (Lipinski definition) is 1. The Hall–Kier alpha value is -4.56. The predicted molar refractivity (Wildman–Crippen MR) is 161 cm³/mol. The number of aromatic nitrogens is 1. The normalized spacial score (nSPS) is 20.1. The molecular weight excluding hydrogens is 572 g/mol. The van der Waals surface area contributed by atoms with Gasteiger partial charge in [0.25, 0.3) is 5.91 Å². The Morgan fingerprint density at radius 3 is 2.63 bits per heavy atom. The summed E-state index contributed by atoms with van der Waals surface area (Å²) in [7, 11) is 0. The zero-order chi connectivity index (χ0) is 30.8. The second kappa shape index (κ2) is 12.0. The number of rotatable bonds is 4. The molecule has 8 nitrogen and oxygen atoms in total. The number of amides is 2. The van der Waals surface area contributed by atoms with E-state index in [-0.39, 0.29) is 36.2 Å². The van der Waals surface area contributed by atoms with Crippen molar-refractivity contribution >= 4 is 40.8 Å². The van der Waals surface area contributed by atoms with Crippen LogP contribution in [0.1, 0.15) is 53.5 Å². The number of likely N-dealkylation sites (tertiary alicyclic amines) is 1. The highest BCUT2D eigenvalue weighted by Gasteiger charge is 2.53. The van der Waals surface area contributed by atoms with E-state index >= 15 is 8.78 Å². The number of ether oxygens (including phenoxy) is 1. The van der Waals surface area contributed by atoms with Crippen LogP contribution in [-0.2, 0) is 10.3 Å². The van der Waals surface area contributed by atoms with E-state index in [9.17, 15) is 9.59 Å². The molecule has 0 unspecified atom stereocenters. The number of hydrogen-bond acceptors (Lipinski definition) is 7. The quantitative estimate of drug-likeness (QED) is 0.384. The van der Waals surface area contributed by atoms with Crippen molar-refractivity contribution in [3.63, 3.8) is 0 Å². The summed E-state index contributed by atoms with van der Waals surface area (Å²) in [5.74, 6) is -1.49. The van der Waals surface area contributed by atoms with Crippen molar-refractivity contribution in [1.82, 2.24) is 15.2 Å². The average molecular weight is 602 g/mol. The summed E-state index contributed by atoms with van der Waals surface area (Å²) in [5.41, 5.74) is -0.720. The summed E-state index contributed by atoms with van der Waals surface area (Å²) in [6, 6.07) is 17.6. The summed E-state index contributed by atoms with van der Waals surface area (Å²) in [5, 5.41) is 12.1. The Bertz CT molecular complexity index is 1650. The van der Waals surface area contributed by atoms with Crippen molar-refractivity contribution in [2.24, 2.45) is 10.9 Å². The lowest BCUT2D eigenvalue weighted by Crippen LogP contribution is -2.43. The van der Waals surface area contributed by atoms with Gasteiger partial charge in [-0.15, -0.1) is 0 Å². The van der Waals surface area contributed by atoms with E-state index in [1.54, 1.807) is 51.1 Å². The van der Waals surface area contributed by atoms with Gasteiger partial charge in [-0.05, 0) is 68.8 Å². The summed E-state index contributed by atoms with van der Waals surface area (Å²) in [4.78, 5) is 36.5. The number of thioether (sulfide) groups is 1. The molecule has 2 aliphatic rings. The van der Waals surface area contributed by atoms with Crippen LogP contribution in [0.2, 0.25) is 0 Å². The molecule has 2 aliphatic heterocycles. The summed E-state index contributed by atoms with van der Waals surface area (Å²) in [6.07, 6.45) is 1.94. The van der Waals surface area contributed by atoms with Gasteiger partial charge < -0.3 is 15.0 Å². The standard InChI is InChI=1S/C32H29F2N5O3S/c1-31(2,3)42-30(41)39-17-23-18-43-29(37-28(40)22-7-5-4-6-8-22)38-32(23,19-39)24-13-20(9-11-25(24)33)14-26(34)27-12-10-21(15-35)16-36-27/h4-14,16,23H,17-19H2,1-3H3,(H,37,38,40)/b26-14-/t23-,32-/m0/s1. The van der Waals surface area contributed by atoms with Crippen LogP contribution in [0, 0.1) is 23.1 Å². The lowest BCUT2D eigenvalue weighted by Gasteiger charge is -2.35. The molecule has 1 N–H and O–H groups in total. The van der Waals surface area contributed by atoms with Crippen molar-refractivity contribution < 1.29 is 23.1 Å². The van der Waals surface area contributed by atoms with Crippen LogP contribution in [-0.4, -0.2) is 51.5 Å². The van der Waals surface area contributed by atoms with Gasteiger partial charge in [-0.1, -0.05) is 36.0 Å². The fourth-order valence-electron chi connectivity index (χ4n) is 5.05. The number of halogens is 2. The molecule has 1 fully saturated rings. The van der Waals surface area contributed by atoms with Crippen molar-refractivity contribution in [3.05, 3.63) is 101 Å². The van der Waals surface area contributed by atoms with Crippen LogP contribution in [0.5, 0.6) is 0 Å². The molecule has 0 aliphatic carbocycles. The van der Waals surface area contributed by atoms with E-state index in [2.05, 4.69) is 10.3 Å². The lowest BCUT2D eigenvalue weighted by atomic mass is 9.81. The number of carbonyl (C=O) groups is 2. The molecule has 1 saturated heterocycles. The monoisotopic (exact) mass is 601 g/mol. The van der Waals surface area contributed by atoms with Gasteiger partial charge in [0.2, 0.25) is 0 Å². The van der Waals surface area contributed by atoms with E-state index in [4.69, 9.17) is 15.0 Å². The molecule has 3 aromatic rings. The molecule has 220 valence electrons. The third-order valence-electron chi connectivity index (χ3n) is 7.07. The minimum atomic E-state index is -1.27. The van der Waals surface area contributed by atoms with Gasteiger partial charge in [0, 0.05) is 35.5 Å². The van der Waals surface area contributed by atoms with Gasteiger partial charge in [0.1, 0.15) is 28.9 Å². The second-order valence-corrected chi connectivity index (χ2v) is 12.3. The minimum absolute atomic E-state index is 0.00158. The summed E-state index contributed by atoms with van der Waals surface area (Å²) < 4.78 is 36.5. The highest BCUT2D eigenvalue weighted by atomic mass is 32.2. The molecule has 2 amide bonds. The Kier molecular flexibility index (Phi) is 8.33. The molecule has 2 aromatic carbocycles. The minimum Gasteiger partial charge on any atom is -0.444 e. The summed E-state index contributed by atoms with van der Waals surface area (Å²) >= 11 is 1.32. The molecule has 0 saturated carbocycles. The maximum atomic E-state index is 15.7. The van der Waals surface area contributed by atoms with Gasteiger partial charge in [0.15, 0.2) is 5.17 Å².